The maximum Gasteiger partial charge on any atom is 0.317 e. The predicted molar refractivity (Wildman–Crippen MR) is 87.3 cm³/mol. The second-order valence-corrected chi connectivity index (χ2v) is 6.88. The Morgan fingerprint density at radius 2 is 1.86 bits per heavy atom. The van der Waals surface area contributed by atoms with E-state index in [1.807, 2.05) is 4.90 Å². The number of carbonyl (C=O) groups is 1. The maximum atomic E-state index is 12.2. The van der Waals surface area contributed by atoms with Crippen molar-refractivity contribution in [1.29, 1.82) is 0 Å². The first-order valence-corrected chi connectivity index (χ1v) is 8.46. The average Bonchev–Trinajstić information content (AvgIpc) is 2.90. The first kappa shape index (κ1) is 16.3. The number of hydrogen-bond acceptors (Lipinski definition) is 2. The summed E-state index contributed by atoms with van der Waals surface area (Å²) in [7, 11) is 2.16. The minimum Gasteiger partial charge on any atom is -0.338 e. The van der Waals surface area contributed by atoms with E-state index in [2.05, 4.69) is 43.3 Å². The molecule has 4 heteroatoms. The molecular weight excluding hydrogens is 262 g/mol. The van der Waals surface area contributed by atoms with E-state index in [9.17, 15) is 4.79 Å². The van der Waals surface area contributed by atoms with Crippen LogP contribution in [-0.2, 0) is 0 Å². The van der Waals surface area contributed by atoms with Crippen LogP contribution in [0.3, 0.4) is 0 Å². The van der Waals surface area contributed by atoms with E-state index in [-0.39, 0.29) is 6.03 Å². The van der Waals surface area contributed by atoms with Crippen molar-refractivity contribution in [2.45, 2.75) is 45.6 Å². The Balaban J connectivity index is 1.58. The smallest absolute Gasteiger partial charge is 0.317 e. The van der Waals surface area contributed by atoms with Crippen LogP contribution in [-0.4, -0.2) is 55.1 Å². The van der Waals surface area contributed by atoms with E-state index in [0.29, 0.717) is 17.9 Å². The fraction of sp³-hybridized carbons (Fsp3) is 0.824. The Bertz CT molecular complexity index is 351. The van der Waals surface area contributed by atoms with Crippen molar-refractivity contribution >= 4 is 6.03 Å². The number of allylic oxidation sites excluding steroid dienone is 2. The zero-order valence-electron chi connectivity index (χ0n) is 13.8. The van der Waals surface area contributed by atoms with Crippen LogP contribution in [0, 0.1) is 11.8 Å². The van der Waals surface area contributed by atoms with Crippen LogP contribution < -0.4 is 5.32 Å². The van der Waals surface area contributed by atoms with Gasteiger partial charge in [-0.15, -0.1) is 0 Å². The number of amides is 2. The van der Waals surface area contributed by atoms with Gasteiger partial charge in [-0.05, 0) is 65.0 Å². The van der Waals surface area contributed by atoms with Gasteiger partial charge in [-0.1, -0.05) is 12.2 Å². The molecule has 0 aromatic heterocycles. The van der Waals surface area contributed by atoms with Crippen LogP contribution in [0.15, 0.2) is 12.2 Å². The molecule has 2 atom stereocenters. The minimum atomic E-state index is 0.140. The molecule has 0 aromatic rings. The van der Waals surface area contributed by atoms with E-state index >= 15 is 0 Å². The summed E-state index contributed by atoms with van der Waals surface area (Å²) in [5.74, 6) is 1.39. The molecule has 21 heavy (non-hydrogen) atoms. The van der Waals surface area contributed by atoms with Gasteiger partial charge in [0.2, 0.25) is 0 Å². The van der Waals surface area contributed by atoms with Gasteiger partial charge in [-0.25, -0.2) is 4.79 Å². The number of urea groups is 1. The molecular formula is C17H31N3O. The van der Waals surface area contributed by atoms with Gasteiger partial charge in [-0.3, -0.25) is 0 Å². The van der Waals surface area contributed by atoms with Crippen LogP contribution in [0.25, 0.3) is 0 Å². The third-order valence-corrected chi connectivity index (χ3v) is 5.00. The number of unbranched alkanes of at least 4 members (excludes halogenated alkanes) is 1. The highest BCUT2D eigenvalue weighted by Gasteiger charge is 2.34. The van der Waals surface area contributed by atoms with Gasteiger partial charge in [0.1, 0.15) is 0 Å². The lowest BCUT2D eigenvalue weighted by Crippen LogP contribution is -2.39. The molecule has 0 aromatic carbocycles. The van der Waals surface area contributed by atoms with Gasteiger partial charge in [-0.2, -0.15) is 0 Å². The van der Waals surface area contributed by atoms with Gasteiger partial charge in [0.15, 0.2) is 0 Å². The molecule has 1 aliphatic carbocycles. The van der Waals surface area contributed by atoms with E-state index in [1.54, 1.807) is 0 Å². The molecule has 0 spiro atoms. The molecule has 120 valence electrons. The summed E-state index contributed by atoms with van der Waals surface area (Å²) in [6.07, 6.45) is 9.04. The highest BCUT2D eigenvalue weighted by molar-refractivity contribution is 5.74. The van der Waals surface area contributed by atoms with Crippen molar-refractivity contribution in [3.63, 3.8) is 0 Å². The number of likely N-dealkylation sites (tertiary alicyclic amines) is 1. The summed E-state index contributed by atoms with van der Waals surface area (Å²) in [5.41, 5.74) is 0. The minimum absolute atomic E-state index is 0.140. The van der Waals surface area contributed by atoms with Gasteiger partial charge in [0.05, 0.1) is 0 Å². The maximum absolute atomic E-state index is 12.2. The van der Waals surface area contributed by atoms with Gasteiger partial charge < -0.3 is 15.1 Å². The molecule has 0 saturated carbocycles. The van der Waals surface area contributed by atoms with Crippen molar-refractivity contribution in [2.75, 3.05) is 33.2 Å². The van der Waals surface area contributed by atoms with Crippen LogP contribution in [0.4, 0.5) is 4.79 Å². The molecule has 1 saturated heterocycles. The summed E-state index contributed by atoms with van der Waals surface area (Å²) < 4.78 is 0. The standard InChI is InChI=1S/C17H31N3O/c1-14(2)19(3)11-7-6-10-18-17(21)20-12-15-8-4-5-9-16(15)13-20/h4-5,14-16H,6-13H2,1-3H3,(H,18,21)/t15-,16+. The monoisotopic (exact) mass is 293 g/mol. The molecule has 0 radical (unpaired) electrons. The normalized spacial score (nSPS) is 24.7. The fourth-order valence-electron chi connectivity index (χ4n) is 3.23. The third-order valence-electron chi connectivity index (χ3n) is 5.00. The molecule has 0 bridgehead atoms. The van der Waals surface area contributed by atoms with E-state index in [1.165, 1.54) is 0 Å². The molecule has 2 aliphatic rings. The SMILES string of the molecule is CC(C)N(C)CCCCNC(=O)N1C[C@H]2CC=CC[C@H]2C1. The Kier molecular flexibility index (Phi) is 6.09. The number of carbonyl (C=O) groups excluding carboxylic acids is 1. The predicted octanol–water partition coefficient (Wildman–Crippen LogP) is 2.71. The van der Waals surface area contributed by atoms with Crippen molar-refractivity contribution < 1.29 is 4.79 Å². The number of hydrogen-bond donors (Lipinski definition) is 1. The summed E-state index contributed by atoms with van der Waals surface area (Å²) in [4.78, 5) is 16.5. The topological polar surface area (TPSA) is 35.6 Å². The number of nitrogens with one attached hydrogen (secondary N) is 1. The second kappa shape index (κ2) is 7.83. The van der Waals surface area contributed by atoms with Crippen LogP contribution in [0.2, 0.25) is 0 Å². The van der Waals surface area contributed by atoms with Crippen molar-refractivity contribution in [3.8, 4) is 0 Å². The van der Waals surface area contributed by atoms with E-state index in [4.69, 9.17) is 0 Å². The van der Waals surface area contributed by atoms with E-state index < -0.39 is 0 Å². The highest BCUT2D eigenvalue weighted by atomic mass is 16.2. The molecule has 0 unspecified atom stereocenters. The molecule has 1 aliphatic heterocycles. The van der Waals surface area contributed by atoms with Crippen molar-refractivity contribution in [2.24, 2.45) is 11.8 Å². The second-order valence-electron chi connectivity index (χ2n) is 6.88. The van der Waals surface area contributed by atoms with Gasteiger partial charge in [0.25, 0.3) is 0 Å². The Hall–Kier alpha value is -1.03. The summed E-state index contributed by atoms with van der Waals surface area (Å²) in [6, 6.07) is 0.739. The lowest BCUT2D eigenvalue weighted by molar-refractivity contribution is 0.205. The summed E-state index contributed by atoms with van der Waals surface area (Å²) >= 11 is 0. The first-order chi connectivity index (χ1) is 10.1. The summed E-state index contributed by atoms with van der Waals surface area (Å²) in [5, 5.41) is 3.09. The molecule has 4 nitrogen and oxygen atoms in total. The molecule has 1 heterocycles. The average molecular weight is 293 g/mol. The van der Waals surface area contributed by atoms with Crippen LogP contribution >= 0.6 is 0 Å². The zero-order valence-corrected chi connectivity index (χ0v) is 13.8. The highest BCUT2D eigenvalue weighted by Crippen LogP contribution is 2.32. The number of fused-ring (bicyclic) bond motifs is 1. The lowest BCUT2D eigenvalue weighted by atomic mass is 9.86. The number of nitrogens with zero attached hydrogens (tertiary/aromatic N) is 2. The quantitative estimate of drug-likeness (QED) is 0.604. The van der Waals surface area contributed by atoms with Crippen molar-refractivity contribution in [3.05, 3.63) is 12.2 Å². The fourth-order valence-corrected chi connectivity index (χ4v) is 3.23. The van der Waals surface area contributed by atoms with Gasteiger partial charge >= 0.3 is 6.03 Å². The Morgan fingerprint density at radius 1 is 1.24 bits per heavy atom. The summed E-state index contributed by atoms with van der Waals surface area (Å²) in [6.45, 7) is 8.21. The lowest BCUT2D eigenvalue weighted by Gasteiger charge is -2.21. The number of rotatable bonds is 6. The molecule has 2 rings (SSSR count). The van der Waals surface area contributed by atoms with Crippen LogP contribution in [0.5, 0.6) is 0 Å². The Morgan fingerprint density at radius 3 is 2.43 bits per heavy atom. The van der Waals surface area contributed by atoms with Crippen molar-refractivity contribution in [1.82, 2.24) is 15.1 Å². The zero-order chi connectivity index (χ0) is 15.2. The van der Waals surface area contributed by atoms with E-state index in [0.717, 1.165) is 51.9 Å². The largest absolute Gasteiger partial charge is 0.338 e. The van der Waals surface area contributed by atoms with Crippen LogP contribution in [0.1, 0.15) is 39.5 Å². The molecule has 1 N–H and O–H groups in total. The third kappa shape index (κ3) is 4.73. The van der Waals surface area contributed by atoms with Gasteiger partial charge in [0, 0.05) is 25.7 Å². The molecule has 1 fully saturated rings. The first-order valence-electron chi connectivity index (χ1n) is 8.46. The molecule has 2 amide bonds. The Labute approximate surface area is 129 Å².